The maximum absolute atomic E-state index is 12.1. The lowest BCUT2D eigenvalue weighted by molar-refractivity contribution is 0.0131. The van der Waals surface area contributed by atoms with Gasteiger partial charge in [0.25, 0.3) is 0 Å². The average Bonchev–Trinajstić information content (AvgIpc) is 3.08. The van der Waals surface area contributed by atoms with Crippen molar-refractivity contribution in [2.75, 3.05) is 6.61 Å². The van der Waals surface area contributed by atoms with E-state index in [9.17, 15) is 9.59 Å². The summed E-state index contributed by atoms with van der Waals surface area (Å²) in [5.74, 6) is -0.785. The third-order valence-electron chi connectivity index (χ3n) is 3.92. The molecule has 1 aliphatic carbocycles. The minimum absolute atomic E-state index is 0.0506. The van der Waals surface area contributed by atoms with Gasteiger partial charge in [-0.15, -0.1) is 0 Å². The fourth-order valence-electron chi connectivity index (χ4n) is 2.58. The summed E-state index contributed by atoms with van der Waals surface area (Å²) in [5.41, 5.74) is 1.03. The van der Waals surface area contributed by atoms with E-state index < -0.39 is 0 Å². The highest BCUT2D eigenvalue weighted by molar-refractivity contribution is 5.90. The maximum Gasteiger partial charge on any atom is 0.338 e. The molecule has 1 aliphatic rings. The van der Waals surface area contributed by atoms with Gasteiger partial charge in [0.15, 0.2) is 0 Å². The van der Waals surface area contributed by atoms with Crippen LogP contribution in [0.25, 0.3) is 0 Å². The number of hydrogen-bond donors (Lipinski definition) is 0. The Labute approximate surface area is 140 Å². The SMILES string of the molecule is O=C(OC[C@H]1CC=C[C@@H]1OC(=O)c1ccccc1)c1ccccc1. The Morgan fingerprint density at radius 1 is 0.875 bits per heavy atom. The molecule has 2 aromatic carbocycles. The van der Waals surface area contributed by atoms with E-state index in [1.807, 2.05) is 24.3 Å². The summed E-state index contributed by atoms with van der Waals surface area (Å²) >= 11 is 0. The number of benzene rings is 2. The molecular weight excluding hydrogens is 304 g/mol. The second-order valence-corrected chi connectivity index (χ2v) is 5.62. The Bertz CT molecular complexity index is 722. The fourth-order valence-corrected chi connectivity index (χ4v) is 2.58. The van der Waals surface area contributed by atoms with Crippen LogP contribution in [0.15, 0.2) is 72.8 Å². The molecule has 0 aromatic heterocycles. The monoisotopic (exact) mass is 322 g/mol. The Hall–Kier alpha value is -2.88. The van der Waals surface area contributed by atoms with Crippen LogP contribution in [-0.4, -0.2) is 24.6 Å². The lowest BCUT2D eigenvalue weighted by Crippen LogP contribution is -2.26. The molecule has 0 N–H and O–H groups in total. The zero-order valence-electron chi connectivity index (χ0n) is 13.1. The van der Waals surface area contributed by atoms with E-state index in [2.05, 4.69) is 0 Å². The van der Waals surface area contributed by atoms with Crippen molar-refractivity contribution in [1.29, 1.82) is 0 Å². The molecule has 2 aromatic rings. The standard InChI is InChI=1S/C20H18O4/c21-19(15-8-3-1-4-9-15)23-14-17-12-7-13-18(17)24-20(22)16-10-5-2-6-11-16/h1-11,13,17-18H,12,14H2/t17-,18+/m1/s1. The Kier molecular flexibility index (Phi) is 5.06. The lowest BCUT2D eigenvalue weighted by atomic mass is 10.1. The number of carbonyl (C=O) groups is 2. The van der Waals surface area contributed by atoms with Gasteiger partial charge in [-0.1, -0.05) is 42.5 Å². The molecule has 122 valence electrons. The number of ether oxygens (including phenoxy) is 2. The summed E-state index contributed by atoms with van der Waals surface area (Å²) in [7, 11) is 0. The Morgan fingerprint density at radius 3 is 2.08 bits per heavy atom. The Morgan fingerprint density at radius 2 is 1.46 bits per heavy atom. The minimum Gasteiger partial charge on any atom is -0.462 e. The second-order valence-electron chi connectivity index (χ2n) is 5.62. The zero-order valence-corrected chi connectivity index (χ0v) is 13.1. The quantitative estimate of drug-likeness (QED) is 0.623. The van der Waals surface area contributed by atoms with E-state index in [0.29, 0.717) is 11.1 Å². The van der Waals surface area contributed by atoms with E-state index >= 15 is 0 Å². The van der Waals surface area contributed by atoms with E-state index in [-0.39, 0.29) is 30.6 Å². The number of allylic oxidation sites excluding steroid dienone is 1. The van der Waals surface area contributed by atoms with Crippen molar-refractivity contribution < 1.29 is 19.1 Å². The van der Waals surface area contributed by atoms with Gasteiger partial charge >= 0.3 is 11.9 Å². The summed E-state index contributed by atoms with van der Waals surface area (Å²) < 4.78 is 10.9. The molecule has 2 atom stereocenters. The van der Waals surface area contributed by atoms with Crippen molar-refractivity contribution in [3.63, 3.8) is 0 Å². The van der Waals surface area contributed by atoms with Crippen molar-refractivity contribution >= 4 is 11.9 Å². The van der Waals surface area contributed by atoms with E-state index in [1.165, 1.54) is 0 Å². The summed E-state index contributed by atoms with van der Waals surface area (Å²) in [4.78, 5) is 24.1. The molecular formula is C20H18O4. The van der Waals surface area contributed by atoms with Crippen LogP contribution in [0, 0.1) is 5.92 Å². The smallest absolute Gasteiger partial charge is 0.338 e. The van der Waals surface area contributed by atoms with Crippen LogP contribution in [0.2, 0.25) is 0 Å². The van der Waals surface area contributed by atoms with Gasteiger partial charge in [-0.05, 0) is 36.8 Å². The number of carbonyl (C=O) groups excluding carboxylic acids is 2. The second kappa shape index (κ2) is 7.59. The summed E-state index contributed by atoms with van der Waals surface area (Å²) in [6.07, 6.45) is 4.14. The highest BCUT2D eigenvalue weighted by Gasteiger charge is 2.28. The number of rotatable bonds is 5. The minimum atomic E-state index is -0.374. The fraction of sp³-hybridized carbons (Fsp3) is 0.200. The van der Waals surface area contributed by atoms with Gasteiger partial charge < -0.3 is 9.47 Å². The predicted molar refractivity (Wildman–Crippen MR) is 89.6 cm³/mol. The van der Waals surface area contributed by atoms with Gasteiger partial charge in [-0.25, -0.2) is 9.59 Å². The lowest BCUT2D eigenvalue weighted by Gasteiger charge is -2.19. The topological polar surface area (TPSA) is 52.6 Å². The van der Waals surface area contributed by atoms with Gasteiger partial charge in [-0.2, -0.15) is 0 Å². The third-order valence-corrected chi connectivity index (χ3v) is 3.92. The molecule has 0 amide bonds. The summed E-state index contributed by atoms with van der Waals surface area (Å²) in [6, 6.07) is 17.7. The van der Waals surface area contributed by atoms with Crippen LogP contribution in [0.4, 0.5) is 0 Å². The molecule has 24 heavy (non-hydrogen) atoms. The molecule has 3 rings (SSSR count). The van der Waals surface area contributed by atoms with Gasteiger partial charge in [-0.3, -0.25) is 0 Å². The highest BCUT2D eigenvalue weighted by Crippen LogP contribution is 2.23. The molecule has 0 spiro atoms. The number of hydrogen-bond acceptors (Lipinski definition) is 4. The zero-order chi connectivity index (χ0) is 16.8. The maximum atomic E-state index is 12.1. The van der Waals surface area contributed by atoms with E-state index in [0.717, 1.165) is 6.42 Å². The van der Waals surface area contributed by atoms with Crippen molar-refractivity contribution in [1.82, 2.24) is 0 Å². The van der Waals surface area contributed by atoms with Crippen molar-refractivity contribution in [2.24, 2.45) is 5.92 Å². The summed E-state index contributed by atoms with van der Waals surface area (Å²) in [6.45, 7) is 0.216. The van der Waals surface area contributed by atoms with E-state index in [1.54, 1.807) is 48.5 Å². The molecule has 4 heteroatoms. The van der Waals surface area contributed by atoms with Gasteiger partial charge in [0, 0.05) is 5.92 Å². The van der Waals surface area contributed by atoms with Gasteiger partial charge in [0.05, 0.1) is 17.7 Å². The Balaban J connectivity index is 1.55. The normalized spacial score (nSPS) is 19.0. The average molecular weight is 322 g/mol. The van der Waals surface area contributed by atoms with Crippen molar-refractivity contribution in [3.8, 4) is 0 Å². The van der Waals surface area contributed by atoms with Gasteiger partial charge in [0.1, 0.15) is 6.10 Å². The molecule has 0 heterocycles. The van der Waals surface area contributed by atoms with Crippen LogP contribution in [-0.2, 0) is 9.47 Å². The highest BCUT2D eigenvalue weighted by atomic mass is 16.6. The van der Waals surface area contributed by atoms with E-state index in [4.69, 9.17) is 9.47 Å². The van der Waals surface area contributed by atoms with Crippen molar-refractivity contribution in [2.45, 2.75) is 12.5 Å². The van der Waals surface area contributed by atoms with Crippen LogP contribution in [0.5, 0.6) is 0 Å². The largest absolute Gasteiger partial charge is 0.462 e. The first kappa shape index (κ1) is 16.0. The molecule has 0 saturated heterocycles. The molecule has 0 saturated carbocycles. The first-order valence-corrected chi connectivity index (χ1v) is 7.89. The van der Waals surface area contributed by atoms with Gasteiger partial charge in [0.2, 0.25) is 0 Å². The molecule has 4 nitrogen and oxygen atoms in total. The first-order valence-electron chi connectivity index (χ1n) is 7.89. The number of esters is 2. The molecule has 0 fully saturated rings. The van der Waals surface area contributed by atoms with Crippen LogP contribution >= 0.6 is 0 Å². The van der Waals surface area contributed by atoms with Crippen LogP contribution < -0.4 is 0 Å². The predicted octanol–water partition coefficient (Wildman–Crippen LogP) is 3.65. The molecule has 0 bridgehead atoms. The molecule has 0 unspecified atom stereocenters. The first-order chi connectivity index (χ1) is 11.7. The third kappa shape index (κ3) is 3.90. The van der Waals surface area contributed by atoms with Crippen molar-refractivity contribution in [3.05, 3.63) is 83.9 Å². The molecule has 0 aliphatic heterocycles. The summed E-state index contributed by atoms with van der Waals surface area (Å²) in [5, 5.41) is 0. The molecule has 0 radical (unpaired) electrons. The van der Waals surface area contributed by atoms with Crippen LogP contribution in [0.3, 0.4) is 0 Å². The van der Waals surface area contributed by atoms with Crippen LogP contribution in [0.1, 0.15) is 27.1 Å².